The Morgan fingerprint density at radius 1 is 1.21 bits per heavy atom. The molecule has 0 bridgehead atoms. The Bertz CT molecular complexity index is 510. The second-order valence-corrected chi connectivity index (χ2v) is 6.57. The zero-order chi connectivity index (χ0) is 17.2. The second kappa shape index (κ2) is 10.3. The standard InChI is InChI=1S/C19H32N4O/c1-16-8-11-23(12-9-16)15-18-7-5-4-6-17(18)14-22-19(20-2)21-10-13-24-3/h4-7,16H,8-15H2,1-3H3,(H2,20,21,22). The Balaban J connectivity index is 1.88. The topological polar surface area (TPSA) is 48.9 Å². The van der Waals surface area contributed by atoms with E-state index in [0.717, 1.165) is 31.5 Å². The number of piperidine rings is 1. The van der Waals surface area contributed by atoms with Crippen LogP contribution < -0.4 is 10.6 Å². The highest BCUT2D eigenvalue weighted by Crippen LogP contribution is 2.19. The number of ether oxygens (including phenoxy) is 1. The van der Waals surface area contributed by atoms with Gasteiger partial charge in [0.05, 0.1) is 6.61 Å². The monoisotopic (exact) mass is 332 g/mol. The molecule has 1 aromatic carbocycles. The number of likely N-dealkylation sites (tertiary alicyclic amines) is 1. The summed E-state index contributed by atoms with van der Waals surface area (Å²) in [5.41, 5.74) is 2.75. The molecule has 134 valence electrons. The van der Waals surface area contributed by atoms with Crippen LogP contribution >= 0.6 is 0 Å². The van der Waals surface area contributed by atoms with Gasteiger partial charge in [-0.3, -0.25) is 9.89 Å². The first kappa shape index (κ1) is 18.7. The number of benzene rings is 1. The molecule has 0 unspecified atom stereocenters. The van der Waals surface area contributed by atoms with Crippen LogP contribution in [0.2, 0.25) is 0 Å². The molecule has 0 saturated carbocycles. The van der Waals surface area contributed by atoms with Crippen molar-refractivity contribution in [1.82, 2.24) is 15.5 Å². The van der Waals surface area contributed by atoms with Crippen LogP contribution in [-0.4, -0.2) is 51.3 Å². The Kier molecular flexibility index (Phi) is 8.05. The number of aliphatic imine (C=N–C) groups is 1. The minimum absolute atomic E-state index is 0.671. The SMILES string of the molecule is CN=C(NCCOC)NCc1ccccc1CN1CCC(C)CC1. The van der Waals surface area contributed by atoms with Gasteiger partial charge < -0.3 is 15.4 Å². The number of hydrogen-bond acceptors (Lipinski definition) is 3. The average molecular weight is 332 g/mol. The van der Waals surface area contributed by atoms with Crippen molar-refractivity contribution in [3.05, 3.63) is 35.4 Å². The second-order valence-electron chi connectivity index (χ2n) is 6.57. The van der Waals surface area contributed by atoms with E-state index in [0.29, 0.717) is 6.61 Å². The lowest BCUT2D eigenvalue weighted by atomic mass is 9.98. The van der Waals surface area contributed by atoms with E-state index in [1.807, 2.05) is 0 Å². The fourth-order valence-corrected chi connectivity index (χ4v) is 3.02. The number of rotatable bonds is 7. The third kappa shape index (κ3) is 6.13. The van der Waals surface area contributed by atoms with E-state index < -0.39 is 0 Å². The molecule has 24 heavy (non-hydrogen) atoms. The van der Waals surface area contributed by atoms with Crippen molar-refractivity contribution < 1.29 is 4.74 Å². The smallest absolute Gasteiger partial charge is 0.191 e. The molecule has 0 amide bonds. The molecular formula is C19H32N4O. The first-order chi connectivity index (χ1) is 11.7. The number of methoxy groups -OCH3 is 1. The van der Waals surface area contributed by atoms with Crippen LogP contribution in [0.1, 0.15) is 30.9 Å². The third-order valence-electron chi connectivity index (χ3n) is 4.66. The van der Waals surface area contributed by atoms with Gasteiger partial charge >= 0.3 is 0 Å². The number of nitrogens with zero attached hydrogens (tertiary/aromatic N) is 2. The van der Waals surface area contributed by atoms with E-state index in [4.69, 9.17) is 4.74 Å². The van der Waals surface area contributed by atoms with E-state index in [2.05, 4.69) is 51.7 Å². The molecular weight excluding hydrogens is 300 g/mol. The molecule has 0 aliphatic carbocycles. The quantitative estimate of drug-likeness (QED) is 0.457. The van der Waals surface area contributed by atoms with Crippen molar-refractivity contribution in [3.8, 4) is 0 Å². The molecule has 5 nitrogen and oxygen atoms in total. The fourth-order valence-electron chi connectivity index (χ4n) is 3.02. The Hall–Kier alpha value is -1.59. The van der Waals surface area contributed by atoms with Crippen LogP contribution in [0, 0.1) is 5.92 Å². The van der Waals surface area contributed by atoms with Gasteiger partial charge in [0, 0.05) is 33.8 Å². The summed E-state index contributed by atoms with van der Waals surface area (Å²) in [6, 6.07) is 8.70. The summed E-state index contributed by atoms with van der Waals surface area (Å²) in [6.07, 6.45) is 2.63. The van der Waals surface area contributed by atoms with Crippen molar-refractivity contribution in [2.75, 3.05) is 40.4 Å². The zero-order valence-electron chi connectivity index (χ0n) is 15.3. The molecule has 0 spiro atoms. The molecule has 1 aliphatic rings. The summed E-state index contributed by atoms with van der Waals surface area (Å²) < 4.78 is 5.06. The van der Waals surface area contributed by atoms with Crippen LogP contribution in [0.5, 0.6) is 0 Å². The Labute approximate surface area is 146 Å². The van der Waals surface area contributed by atoms with Gasteiger partial charge in [-0.15, -0.1) is 0 Å². The first-order valence-electron chi connectivity index (χ1n) is 8.95. The summed E-state index contributed by atoms with van der Waals surface area (Å²) in [5.74, 6) is 1.69. The minimum atomic E-state index is 0.671. The van der Waals surface area contributed by atoms with Crippen molar-refractivity contribution in [2.45, 2.75) is 32.9 Å². The van der Waals surface area contributed by atoms with Crippen LogP contribution in [0.3, 0.4) is 0 Å². The van der Waals surface area contributed by atoms with Crippen LogP contribution in [0.15, 0.2) is 29.3 Å². The average Bonchev–Trinajstić information content (AvgIpc) is 2.61. The van der Waals surface area contributed by atoms with Crippen LogP contribution in [0.4, 0.5) is 0 Å². The molecule has 1 saturated heterocycles. The minimum Gasteiger partial charge on any atom is -0.383 e. The lowest BCUT2D eigenvalue weighted by Gasteiger charge is -2.30. The lowest BCUT2D eigenvalue weighted by Crippen LogP contribution is -2.38. The highest BCUT2D eigenvalue weighted by molar-refractivity contribution is 5.79. The maximum Gasteiger partial charge on any atom is 0.191 e. The lowest BCUT2D eigenvalue weighted by molar-refractivity contribution is 0.185. The predicted octanol–water partition coefficient (Wildman–Crippen LogP) is 2.23. The number of hydrogen-bond donors (Lipinski definition) is 2. The fraction of sp³-hybridized carbons (Fsp3) is 0.632. The maximum atomic E-state index is 5.06. The van der Waals surface area contributed by atoms with Crippen LogP contribution in [0.25, 0.3) is 0 Å². The number of nitrogens with one attached hydrogen (secondary N) is 2. The first-order valence-corrected chi connectivity index (χ1v) is 8.95. The zero-order valence-corrected chi connectivity index (χ0v) is 15.3. The van der Waals surface area contributed by atoms with Crippen molar-refractivity contribution in [2.24, 2.45) is 10.9 Å². The molecule has 5 heteroatoms. The van der Waals surface area contributed by atoms with Gasteiger partial charge in [-0.25, -0.2) is 0 Å². The Morgan fingerprint density at radius 3 is 2.58 bits per heavy atom. The summed E-state index contributed by atoms with van der Waals surface area (Å²) >= 11 is 0. The summed E-state index contributed by atoms with van der Waals surface area (Å²) in [5, 5.41) is 6.64. The molecule has 0 atom stereocenters. The van der Waals surface area contributed by atoms with Gasteiger partial charge in [0.15, 0.2) is 5.96 Å². The number of guanidine groups is 1. The highest BCUT2D eigenvalue weighted by atomic mass is 16.5. The van der Waals surface area contributed by atoms with Crippen molar-refractivity contribution >= 4 is 5.96 Å². The van der Waals surface area contributed by atoms with E-state index in [9.17, 15) is 0 Å². The molecule has 1 aliphatic heterocycles. The van der Waals surface area contributed by atoms with Gasteiger partial charge in [0.2, 0.25) is 0 Å². The molecule has 1 heterocycles. The van der Waals surface area contributed by atoms with E-state index in [1.165, 1.54) is 37.1 Å². The van der Waals surface area contributed by atoms with E-state index in [1.54, 1.807) is 14.2 Å². The Morgan fingerprint density at radius 2 is 1.92 bits per heavy atom. The molecule has 2 rings (SSSR count). The maximum absolute atomic E-state index is 5.06. The van der Waals surface area contributed by atoms with Crippen molar-refractivity contribution in [1.29, 1.82) is 0 Å². The van der Waals surface area contributed by atoms with Gasteiger partial charge in [-0.2, -0.15) is 0 Å². The van der Waals surface area contributed by atoms with E-state index in [-0.39, 0.29) is 0 Å². The van der Waals surface area contributed by atoms with Gasteiger partial charge in [-0.1, -0.05) is 31.2 Å². The van der Waals surface area contributed by atoms with Gasteiger partial charge in [-0.05, 0) is 43.0 Å². The summed E-state index contributed by atoms with van der Waals surface area (Å²) in [4.78, 5) is 6.83. The van der Waals surface area contributed by atoms with E-state index >= 15 is 0 Å². The third-order valence-corrected chi connectivity index (χ3v) is 4.66. The van der Waals surface area contributed by atoms with Crippen LogP contribution in [-0.2, 0) is 17.8 Å². The summed E-state index contributed by atoms with van der Waals surface area (Å²) in [7, 11) is 3.50. The molecule has 0 radical (unpaired) electrons. The molecule has 2 N–H and O–H groups in total. The molecule has 1 aromatic rings. The highest BCUT2D eigenvalue weighted by Gasteiger charge is 2.16. The van der Waals surface area contributed by atoms with Crippen molar-refractivity contribution in [3.63, 3.8) is 0 Å². The largest absolute Gasteiger partial charge is 0.383 e. The predicted molar refractivity (Wildman–Crippen MR) is 100 cm³/mol. The van der Waals surface area contributed by atoms with Gasteiger partial charge in [0.1, 0.15) is 0 Å². The molecule has 0 aromatic heterocycles. The molecule has 1 fully saturated rings. The normalized spacial score (nSPS) is 17.0. The summed E-state index contributed by atoms with van der Waals surface area (Å²) in [6.45, 7) is 8.03. The van der Waals surface area contributed by atoms with Gasteiger partial charge in [0.25, 0.3) is 0 Å².